The summed E-state index contributed by atoms with van der Waals surface area (Å²) >= 11 is 0. The molecule has 0 saturated heterocycles. The first-order valence-corrected chi connectivity index (χ1v) is 11.9. The number of nitrogens with zero attached hydrogens (tertiary/aromatic N) is 2. The lowest BCUT2D eigenvalue weighted by atomic mass is 9.67. The summed E-state index contributed by atoms with van der Waals surface area (Å²) in [5, 5.41) is 0. The molecular formula is C25H40N2. The predicted octanol–water partition coefficient (Wildman–Crippen LogP) is 6.48. The fourth-order valence-electron chi connectivity index (χ4n) is 8.47. The molecule has 27 heavy (non-hydrogen) atoms. The van der Waals surface area contributed by atoms with Crippen LogP contribution in [0.1, 0.15) is 99.3 Å². The molecule has 0 aromatic carbocycles. The largest absolute Gasteiger partial charge is 0.288 e. The van der Waals surface area contributed by atoms with Crippen molar-refractivity contribution in [3.8, 4) is 0 Å². The Morgan fingerprint density at radius 1 is 0.741 bits per heavy atom. The molecule has 2 heteroatoms. The van der Waals surface area contributed by atoms with Crippen molar-refractivity contribution in [2.24, 2.45) is 43.5 Å². The molecule has 0 spiro atoms. The highest BCUT2D eigenvalue weighted by molar-refractivity contribution is 5.96. The van der Waals surface area contributed by atoms with E-state index < -0.39 is 0 Å². The average molecular weight is 369 g/mol. The van der Waals surface area contributed by atoms with E-state index in [1.54, 1.807) is 11.4 Å². The molecule has 0 heterocycles. The molecule has 6 atom stereocenters. The lowest BCUT2D eigenvalue weighted by Gasteiger charge is -2.38. The molecule has 150 valence electrons. The zero-order valence-corrected chi connectivity index (χ0v) is 18.6. The van der Waals surface area contributed by atoms with Crippen molar-refractivity contribution in [2.45, 2.75) is 111 Å². The van der Waals surface area contributed by atoms with E-state index in [-0.39, 0.29) is 0 Å². The Kier molecular flexibility index (Phi) is 3.73. The number of hydrogen-bond donors (Lipinski definition) is 0. The molecule has 0 aromatic rings. The van der Waals surface area contributed by atoms with Crippen LogP contribution in [-0.2, 0) is 0 Å². The van der Waals surface area contributed by atoms with Crippen molar-refractivity contribution in [1.82, 2.24) is 0 Å². The summed E-state index contributed by atoms with van der Waals surface area (Å²) in [5.41, 5.74) is 4.87. The van der Waals surface area contributed by atoms with Gasteiger partial charge in [-0.05, 0) is 80.5 Å². The van der Waals surface area contributed by atoms with E-state index in [0.29, 0.717) is 33.7 Å². The van der Waals surface area contributed by atoms with Gasteiger partial charge in [0.15, 0.2) is 0 Å². The summed E-state index contributed by atoms with van der Waals surface area (Å²) in [6.07, 6.45) is 11.9. The molecule has 5 aliphatic carbocycles. The summed E-state index contributed by atoms with van der Waals surface area (Å²) in [7, 11) is 0. The molecule has 5 aliphatic rings. The summed E-state index contributed by atoms with van der Waals surface area (Å²) in [4.78, 5) is 10.8. The second-order valence-corrected chi connectivity index (χ2v) is 11.7. The molecule has 2 nitrogen and oxygen atoms in total. The molecule has 0 aliphatic heterocycles. The number of hydrogen-bond acceptors (Lipinski definition) is 2. The van der Waals surface area contributed by atoms with Gasteiger partial charge in [-0.25, -0.2) is 0 Å². The van der Waals surface area contributed by atoms with E-state index in [0.717, 1.165) is 11.8 Å². The van der Waals surface area contributed by atoms with Gasteiger partial charge < -0.3 is 0 Å². The minimum Gasteiger partial charge on any atom is -0.288 e. The smallest absolute Gasteiger partial charge is 0.0744 e. The van der Waals surface area contributed by atoms with Gasteiger partial charge in [-0.1, -0.05) is 41.5 Å². The van der Waals surface area contributed by atoms with Crippen LogP contribution in [0.5, 0.6) is 0 Å². The topological polar surface area (TPSA) is 24.7 Å². The van der Waals surface area contributed by atoms with Gasteiger partial charge in [-0.15, -0.1) is 0 Å². The SMILES string of the molecule is CCC12CCC(CC1=N[C@H]1C[C@@H]1N=C1CC3CCC1(CC)C3(C)C)C2(C)C. The van der Waals surface area contributed by atoms with Gasteiger partial charge in [0, 0.05) is 22.3 Å². The Morgan fingerprint density at radius 2 is 1.15 bits per heavy atom. The fraction of sp³-hybridized carbons (Fsp3) is 0.920. The third-order valence-electron chi connectivity index (χ3n) is 10.9. The maximum absolute atomic E-state index is 5.39. The van der Waals surface area contributed by atoms with Gasteiger partial charge >= 0.3 is 0 Å². The van der Waals surface area contributed by atoms with Crippen molar-refractivity contribution in [1.29, 1.82) is 0 Å². The van der Waals surface area contributed by atoms with E-state index in [1.807, 2.05) is 0 Å². The normalized spacial score (nSPS) is 51.6. The molecule has 0 aromatic heterocycles. The quantitative estimate of drug-likeness (QED) is 0.542. The first-order valence-electron chi connectivity index (χ1n) is 11.9. The van der Waals surface area contributed by atoms with E-state index in [9.17, 15) is 0 Å². The summed E-state index contributed by atoms with van der Waals surface area (Å²) in [6.45, 7) is 14.9. The van der Waals surface area contributed by atoms with Gasteiger partial charge in [0.05, 0.1) is 12.1 Å². The highest BCUT2D eigenvalue weighted by Crippen LogP contribution is 2.67. The van der Waals surface area contributed by atoms with Crippen LogP contribution < -0.4 is 0 Å². The monoisotopic (exact) mass is 368 g/mol. The van der Waals surface area contributed by atoms with Gasteiger partial charge in [-0.3, -0.25) is 9.98 Å². The van der Waals surface area contributed by atoms with Crippen molar-refractivity contribution in [3.05, 3.63) is 0 Å². The molecule has 0 radical (unpaired) electrons. The number of fused-ring (bicyclic) bond motifs is 4. The minimum absolute atomic E-state index is 0.400. The van der Waals surface area contributed by atoms with Crippen molar-refractivity contribution >= 4 is 11.4 Å². The van der Waals surface area contributed by atoms with Crippen LogP contribution in [-0.4, -0.2) is 23.5 Å². The average Bonchev–Trinajstić information content (AvgIpc) is 3.10. The van der Waals surface area contributed by atoms with Crippen LogP contribution in [0.15, 0.2) is 9.98 Å². The standard InChI is InChI=1S/C25H40N2/c1-7-24-11-9-16(22(24,3)4)13-20(24)26-18-15-19(18)27-21-14-17-10-12-25(21,8-2)23(17,5)6/h16-19H,7-15H2,1-6H3/t16?,17?,18-,19-,24?,25?/m0/s1. The maximum Gasteiger partial charge on any atom is 0.0744 e. The lowest BCUT2D eigenvalue weighted by molar-refractivity contribution is 0.170. The minimum atomic E-state index is 0.400. The van der Waals surface area contributed by atoms with Crippen LogP contribution in [0.3, 0.4) is 0 Å². The van der Waals surface area contributed by atoms with E-state index in [4.69, 9.17) is 9.98 Å². The molecule has 4 bridgehead atoms. The van der Waals surface area contributed by atoms with Gasteiger partial charge in [-0.2, -0.15) is 0 Å². The van der Waals surface area contributed by atoms with Gasteiger partial charge in [0.25, 0.3) is 0 Å². The Morgan fingerprint density at radius 3 is 1.48 bits per heavy atom. The van der Waals surface area contributed by atoms with Gasteiger partial charge in [0.2, 0.25) is 0 Å². The zero-order chi connectivity index (χ0) is 19.2. The Labute approximate surface area is 166 Å². The molecule has 0 N–H and O–H groups in total. The Hall–Kier alpha value is -0.660. The summed E-state index contributed by atoms with van der Waals surface area (Å²) in [6, 6.07) is 1.00. The first kappa shape index (κ1) is 18.4. The van der Waals surface area contributed by atoms with Crippen LogP contribution in [0.25, 0.3) is 0 Å². The second kappa shape index (κ2) is 5.48. The van der Waals surface area contributed by atoms with Crippen LogP contribution in [0, 0.1) is 33.5 Å². The Bertz CT molecular complexity index is 654. The van der Waals surface area contributed by atoms with E-state index >= 15 is 0 Å². The highest BCUT2D eigenvalue weighted by Gasteiger charge is 2.63. The first-order chi connectivity index (χ1) is 12.7. The van der Waals surface area contributed by atoms with Crippen LogP contribution in [0.4, 0.5) is 0 Å². The molecule has 5 rings (SSSR count). The van der Waals surface area contributed by atoms with Crippen molar-refractivity contribution < 1.29 is 0 Å². The molecule has 5 fully saturated rings. The third kappa shape index (κ3) is 2.09. The summed E-state index contributed by atoms with van der Waals surface area (Å²) in [5.74, 6) is 1.74. The molecule has 0 amide bonds. The Balaban J connectivity index is 1.37. The molecular weight excluding hydrogens is 328 g/mol. The van der Waals surface area contributed by atoms with Crippen molar-refractivity contribution in [2.75, 3.05) is 0 Å². The fourth-order valence-corrected chi connectivity index (χ4v) is 8.47. The van der Waals surface area contributed by atoms with Crippen molar-refractivity contribution in [3.63, 3.8) is 0 Å². The van der Waals surface area contributed by atoms with Crippen LogP contribution >= 0.6 is 0 Å². The van der Waals surface area contributed by atoms with Gasteiger partial charge in [0.1, 0.15) is 0 Å². The zero-order valence-electron chi connectivity index (χ0n) is 18.6. The summed E-state index contributed by atoms with van der Waals surface area (Å²) < 4.78 is 0. The third-order valence-corrected chi connectivity index (χ3v) is 10.9. The molecule has 4 unspecified atom stereocenters. The lowest BCUT2D eigenvalue weighted by Crippen LogP contribution is -2.35. The molecule has 5 saturated carbocycles. The number of aliphatic imine (C=N–C) groups is 2. The van der Waals surface area contributed by atoms with E-state index in [1.165, 1.54) is 57.8 Å². The highest BCUT2D eigenvalue weighted by atomic mass is 15.0. The van der Waals surface area contributed by atoms with E-state index in [2.05, 4.69) is 41.5 Å². The number of rotatable bonds is 4. The van der Waals surface area contributed by atoms with Crippen LogP contribution in [0.2, 0.25) is 0 Å². The maximum atomic E-state index is 5.39. The predicted molar refractivity (Wildman–Crippen MR) is 115 cm³/mol. The second-order valence-electron chi connectivity index (χ2n) is 11.7.